The second kappa shape index (κ2) is 5.16. The Hall–Kier alpha value is -3.21. The number of aliphatic hydroxyl groups excluding tert-OH is 1. The minimum absolute atomic E-state index is 0.00534. The van der Waals surface area contributed by atoms with Gasteiger partial charge < -0.3 is 19.7 Å². The van der Waals surface area contributed by atoms with Crippen LogP contribution in [-0.2, 0) is 15.1 Å². The van der Waals surface area contributed by atoms with E-state index in [0.717, 1.165) is 0 Å². The Morgan fingerprint density at radius 2 is 1.71 bits per heavy atom. The van der Waals surface area contributed by atoms with Gasteiger partial charge in [0.1, 0.15) is 23.9 Å². The fourth-order valence-electron chi connectivity index (χ4n) is 3.09. The van der Waals surface area contributed by atoms with Crippen LogP contribution in [0.3, 0.4) is 0 Å². The van der Waals surface area contributed by atoms with Crippen LogP contribution >= 0.6 is 0 Å². The Bertz CT molecular complexity index is 879. The number of carbonyl (C=O) groups is 1. The van der Waals surface area contributed by atoms with Gasteiger partial charge in [0.25, 0.3) is 0 Å². The van der Waals surface area contributed by atoms with Gasteiger partial charge in [-0.05, 0) is 30.4 Å². The molecule has 0 fully saturated rings. The highest BCUT2D eigenvalue weighted by atomic mass is 16.6. The van der Waals surface area contributed by atoms with Crippen molar-refractivity contribution in [2.45, 2.75) is 5.60 Å². The number of aliphatic hydroxyl groups is 1. The molecule has 4 rings (SSSR count). The van der Waals surface area contributed by atoms with Crippen molar-refractivity contribution < 1.29 is 24.5 Å². The first kappa shape index (κ1) is 14.4. The van der Waals surface area contributed by atoms with Gasteiger partial charge >= 0.3 is 5.97 Å². The molecule has 120 valence electrons. The molecule has 0 spiro atoms. The first-order chi connectivity index (χ1) is 11.6. The van der Waals surface area contributed by atoms with E-state index in [1.165, 1.54) is 18.2 Å². The van der Waals surface area contributed by atoms with E-state index in [0.29, 0.717) is 22.4 Å². The summed E-state index contributed by atoms with van der Waals surface area (Å²) < 4.78 is 11.5. The van der Waals surface area contributed by atoms with Crippen LogP contribution in [0.15, 0.2) is 72.2 Å². The predicted octanol–water partition coefficient (Wildman–Crippen LogP) is 3.16. The number of phenols is 1. The minimum Gasteiger partial charge on any atom is -0.509 e. The summed E-state index contributed by atoms with van der Waals surface area (Å²) in [4.78, 5) is 12.4. The number of hydrogen-bond donors (Lipinski definition) is 2. The molecule has 5 nitrogen and oxygen atoms in total. The Morgan fingerprint density at radius 1 is 0.958 bits per heavy atom. The lowest BCUT2D eigenvalue weighted by atomic mass is 9.83. The summed E-state index contributed by atoms with van der Waals surface area (Å²) in [6.07, 6.45) is 3.12. The fourth-order valence-corrected chi connectivity index (χ4v) is 3.09. The number of allylic oxidation sites excluding steroid dienone is 2. The third-order valence-electron chi connectivity index (χ3n) is 4.20. The number of aromatic hydroxyl groups is 1. The van der Waals surface area contributed by atoms with Gasteiger partial charge in [-0.25, -0.2) is 4.79 Å². The molecular weight excluding hydrogens is 308 g/mol. The molecule has 0 bridgehead atoms. The zero-order chi connectivity index (χ0) is 16.7. The van der Waals surface area contributed by atoms with Crippen LogP contribution in [0, 0.1) is 0 Å². The van der Waals surface area contributed by atoms with Crippen LogP contribution in [0.1, 0.15) is 21.5 Å². The Balaban J connectivity index is 1.99. The molecule has 0 saturated carbocycles. The van der Waals surface area contributed by atoms with E-state index >= 15 is 0 Å². The Morgan fingerprint density at radius 3 is 2.42 bits per heavy atom. The maximum Gasteiger partial charge on any atom is 0.340 e. The molecule has 5 heteroatoms. The second-order valence-corrected chi connectivity index (χ2v) is 5.64. The summed E-state index contributed by atoms with van der Waals surface area (Å²) in [5.74, 6) is 0.172. The Kier molecular flexibility index (Phi) is 3.09. The number of carbonyl (C=O) groups excluding carboxylic acids is 1. The molecule has 0 aromatic heterocycles. The van der Waals surface area contributed by atoms with Crippen molar-refractivity contribution in [3.63, 3.8) is 0 Å². The molecule has 2 aliphatic heterocycles. The number of ether oxygens (including phenoxy) is 2. The number of rotatable bonds is 2. The summed E-state index contributed by atoms with van der Waals surface area (Å²) >= 11 is 0. The average Bonchev–Trinajstić information content (AvgIpc) is 2.91. The van der Waals surface area contributed by atoms with Crippen LogP contribution in [-0.4, -0.2) is 22.8 Å². The molecule has 24 heavy (non-hydrogen) atoms. The summed E-state index contributed by atoms with van der Waals surface area (Å²) in [5.41, 5.74) is 0.550. The van der Waals surface area contributed by atoms with Gasteiger partial charge in [0.2, 0.25) is 5.60 Å². The van der Waals surface area contributed by atoms with Crippen LogP contribution in [0.5, 0.6) is 5.75 Å². The molecule has 0 amide bonds. The second-order valence-electron chi connectivity index (χ2n) is 5.64. The van der Waals surface area contributed by atoms with Gasteiger partial charge in [0.15, 0.2) is 0 Å². The minimum atomic E-state index is -1.24. The van der Waals surface area contributed by atoms with Crippen molar-refractivity contribution >= 4 is 5.97 Å². The molecular formula is C19H14O5. The van der Waals surface area contributed by atoms with E-state index in [1.54, 1.807) is 30.3 Å². The molecule has 2 N–H and O–H groups in total. The topological polar surface area (TPSA) is 76.0 Å². The smallest absolute Gasteiger partial charge is 0.340 e. The van der Waals surface area contributed by atoms with Crippen LogP contribution in [0.2, 0.25) is 0 Å². The molecule has 0 saturated heterocycles. The number of cyclic esters (lactones) is 1. The first-order valence-electron chi connectivity index (χ1n) is 7.47. The summed E-state index contributed by atoms with van der Waals surface area (Å²) in [5, 5.41) is 19.1. The lowest BCUT2D eigenvalue weighted by Gasteiger charge is -2.32. The first-order valence-corrected chi connectivity index (χ1v) is 7.47. The van der Waals surface area contributed by atoms with Crippen molar-refractivity contribution in [1.82, 2.24) is 0 Å². The summed E-state index contributed by atoms with van der Waals surface area (Å²) in [7, 11) is 0. The maximum atomic E-state index is 12.4. The van der Waals surface area contributed by atoms with E-state index in [2.05, 4.69) is 0 Å². The molecule has 1 unspecified atom stereocenters. The monoisotopic (exact) mass is 322 g/mol. The van der Waals surface area contributed by atoms with Gasteiger partial charge in [-0.1, -0.05) is 30.3 Å². The van der Waals surface area contributed by atoms with Gasteiger partial charge in [-0.2, -0.15) is 0 Å². The predicted molar refractivity (Wildman–Crippen MR) is 85.5 cm³/mol. The third-order valence-corrected chi connectivity index (χ3v) is 4.20. The molecule has 0 radical (unpaired) electrons. The standard InChI is InChI=1S/C19H14O5/c20-13-7-5-12(6-8-13)19(17-10-9-14(21)11-23-17)16-4-2-1-3-15(16)18(22)24-19/h1-10,20-21H,11H2. The number of fused-ring (bicyclic) bond motifs is 1. The van der Waals surface area contributed by atoms with E-state index in [-0.39, 0.29) is 18.1 Å². The molecule has 0 aliphatic carbocycles. The van der Waals surface area contributed by atoms with Crippen molar-refractivity contribution in [2.24, 2.45) is 0 Å². The van der Waals surface area contributed by atoms with Crippen molar-refractivity contribution in [2.75, 3.05) is 6.61 Å². The van der Waals surface area contributed by atoms with Gasteiger partial charge in [-0.15, -0.1) is 0 Å². The zero-order valence-electron chi connectivity index (χ0n) is 12.6. The maximum absolute atomic E-state index is 12.4. The number of hydrogen-bond acceptors (Lipinski definition) is 5. The van der Waals surface area contributed by atoms with E-state index in [9.17, 15) is 15.0 Å². The summed E-state index contributed by atoms with van der Waals surface area (Å²) in [6.45, 7) is 0.00534. The Labute approximate surface area is 138 Å². The quantitative estimate of drug-likeness (QED) is 0.831. The zero-order valence-corrected chi connectivity index (χ0v) is 12.6. The highest BCUT2D eigenvalue weighted by Gasteiger charge is 2.51. The van der Waals surface area contributed by atoms with E-state index in [4.69, 9.17) is 9.47 Å². The largest absolute Gasteiger partial charge is 0.509 e. The van der Waals surface area contributed by atoms with Gasteiger partial charge in [-0.3, -0.25) is 0 Å². The van der Waals surface area contributed by atoms with Crippen molar-refractivity contribution in [1.29, 1.82) is 0 Å². The molecule has 1 atom stereocenters. The SMILES string of the molecule is O=C1OC(C2=CC=C(O)CO2)(c2ccc(O)cc2)c2ccccc21. The number of esters is 1. The fraction of sp³-hybridized carbons (Fsp3) is 0.105. The molecule has 2 aliphatic rings. The lowest BCUT2D eigenvalue weighted by Crippen LogP contribution is -2.33. The van der Waals surface area contributed by atoms with Crippen molar-refractivity contribution in [3.05, 3.63) is 88.9 Å². The highest BCUT2D eigenvalue weighted by Crippen LogP contribution is 2.48. The van der Waals surface area contributed by atoms with Crippen LogP contribution < -0.4 is 0 Å². The van der Waals surface area contributed by atoms with Crippen molar-refractivity contribution in [3.8, 4) is 5.75 Å². The number of phenolic OH excluding ortho intramolecular Hbond substituents is 1. The normalized spacial score (nSPS) is 22.1. The number of benzene rings is 2. The molecule has 2 aromatic rings. The van der Waals surface area contributed by atoms with E-state index in [1.807, 2.05) is 12.1 Å². The molecule has 2 heterocycles. The molecule has 2 aromatic carbocycles. The lowest BCUT2D eigenvalue weighted by molar-refractivity contribution is -0.00205. The van der Waals surface area contributed by atoms with E-state index < -0.39 is 11.6 Å². The highest BCUT2D eigenvalue weighted by molar-refractivity contribution is 5.96. The summed E-state index contributed by atoms with van der Waals surface area (Å²) in [6, 6.07) is 13.6. The average molecular weight is 322 g/mol. The van der Waals surface area contributed by atoms with Crippen LogP contribution in [0.25, 0.3) is 0 Å². The third kappa shape index (κ3) is 1.98. The van der Waals surface area contributed by atoms with Gasteiger partial charge in [0, 0.05) is 11.1 Å². The van der Waals surface area contributed by atoms with Gasteiger partial charge in [0.05, 0.1) is 5.56 Å². The van der Waals surface area contributed by atoms with Crippen LogP contribution in [0.4, 0.5) is 0 Å².